The number of hydrogen-bond acceptors (Lipinski definition) is 3. The van der Waals surface area contributed by atoms with Gasteiger partial charge in [0.25, 0.3) is 0 Å². The van der Waals surface area contributed by atoms with Crippen molar-refractivity contribution in [3.05, 3.63) is 35.1 Å². The Labute approximate surface area is 126 Å². The maximum Gasteiger partial charge on any atom is 0.138 e. The number of likely N-dealkylation sites (tertiary alicyclic amines) is 1. The summed E-state index contributed by atoms with van der Waals surface area (Å²) < 4.78 is 13.6. The first kappa shape index (κ1) is 16.0. The molecule has 0 radical (unpaired) electrons. The minimum Gasteiger partial charge on any atom is -0.384 e. The van der Waals surface area contributed by atoms with Crippen LogP contribution >= 0.6 is 0 Å². The Morgan fingerprint density at radius 1 is 1.38 bits per heavy atom. The van der Waals surface area contributed by atoms with Crippen molar-refractivity contribution in [2.75, 3.05) is 33.8 Å². The Bertz CT molecular complexity index is 527. The van der Waals surface area contributed by atoms with Gasteiger partial charge in [-0.3, -0.25) is 4.90 Å². The predicted octanol–water partition coefficient (Wildman–Crippen LogP) is 1.70. The van der Waals surface area contributed by atoms with E-state index < -0.39 is 0 Å². The standard InChI is InChI=1S/C17H23FN2O/c1-19-9-7-16(8-10-19)20(2)13-14-5-6-17(18)15(12-14)4-3-11-21/h5-6,12,16,21H,7-11,13H2,1-2H3. The molecule has 21 heavy (non-hydrogen) atoms. The Morgan fingerprint density at radius 3 is 2.76 bits per heavy atom. The van der Waals surface area contributed by atoms with Crippen molar-refractivity contribution in [3.63, 3.8) is 0 Å². The van der Waals surface area contributed by atoms with Gasteiger partial charge in [-0.15, -0.1) is 0 Å². The van der Waals surface area contributed by atoms with Crippen LogP contribution in [0.5, 0.6) is 0 Å². The Kier molecular flexibility index (Phi) is 5.75. The molecule has 2 rings (SSSR count). The highest BCUT2D eigenvalue weighted by molar-refractivity contribution is 5.38. The van der Waals surface area contributed by atoms with Crippen molar-refractivity contribution in [2.24, 2.45) is 0 Å². The Hall–Kier alpha value is -1.41. The molecule has 4 heteroatoms. The largest absolute Gasteiger partial charge is 0.384 e. The van der Waals surface area contributed by atoms with E-state index in [1.165, 1.54) is 18.9 Å². The number of aliphatic hydroxyl groups is 1. The minimum atomic E-state index is -0.332. The van der Waals surface area contributed by atoms with E-state index >= 15 is 0 Å². The van der Waals surface area contributed by atoms with E-state index in [1.807, 2.05) is 6.07 Å². The number of nitrogens with zero attached hydrogens (tertiary/aromatic N) is 2. The third-order valence-electron chi connectivity index (χ3n) is 4.08. The fourth-order valence-corrected chi connectivity index (χ4v) is 2.75. The Balaban J connectivity index is 2.02. The third-order valence-corrected chi connectivity index (χ3v) is 4.08. The molecule has 1 saturated heterocycles. The second-order valence-electron chi connectivity index (χ2n) is 5.72. The summed E-state index contributed by atoms with van der Waals surface area (Å²) in [5.74, 6) is 4.83. The second kappa shape index (κ2) is 7.56. The lowest BCUT2D eigenvalue weighted by atomic mass is 10.0. The summed E-state index contributed by atoms with van der Waals surface area (Å²) in [6.07, 6.45) is 2.34. The topological polar surface area (TPSA) is 26.7 Å². The van der Waals surface area contributed by atoms with Gasteiger partial charge in [0, 0.05) is 12.6 Å². The van der Waals surface area contributed by atoms with E-state index in [9.17, 15) is 4.39 Å². The number of rotatable bonds is 3. The molecular formula is C17H23FN2O. The third kappa shape index (κ3) is 4.53. The average molecular weight is 290 g/mol. The van der Waals surface area contributed by atoms with Gasteiger partial charge >= 0.3 is 0 Å². The summed E-state index contributed by atoms with van der Waals surface area (Å²) in [5.41, 5.74) is 1.42. The first-order valence-electron chi connectivity index (χ1n) is 7.37. The van der Waals surface area contributed by atoms with Crippen LogP contribution in [-0.2, 0) is 6.54 Å². The molecule has 0 amide bonds. The molecule has 1 aromatic rings. The van der Waals surface area contributed by atoms with Crippen molar-refractivity contribution in [2.45, 2.75) is 25.4 Å². The molecule has 1 aliphatic rings. The zero-order chi connectivity index (χ0) is 15.2. The van der Waals surface area contributed by atoms with E-state index in [0.29, 0.717) is 11.6 Å². The average Bonchev–Trinajstić information content (AvgIpc) is 2.48. The highest BCUT2D eigenvalue weighted by Gasteiger charge is 2.20. The van der Waals surface area contributed by atoms with Crippen molar-refractivity contribution >= 4 is 0 Å². The van der Waals surface area contributed by atoms with Gasteiger partial charge in [-0.25, -0.2) is 4.39 Å². The zero-order valence-corrected chi connectivity index (χ0v) is 12.8. The van der Waals surface area contributed by atoms with Crippen LogP contribution < -0.4 is 0 Å². The molecule has 114 valence electrons. The molecule has 0 aliphatic carbocycles. The molecule has 1 heterocycles. The van der Waals surface area contributed by atoms with E-state index in [2.05, 4.69) is 35.7 Å². The van der Waals surface area contributed by atoms with Gasteiger partial charge < -0.3 is 10.0 Å². The van der Waals surface area contributed by atoms with Crippen LogP contribution in [0.15, 0.2) is 18.2 Å². The summed E-state index contributed by atoms with van der Waals surface area (Å²) in [6.45, 7) is 2.80. The second-order valence-corrected chi connectivity index (χ2v) is 5.72. The summed E-state index contributed by atoms with van der Waals surface area (Å²) >= 11 is 0. The van der Waals surface area contributed by atoms with Gasteiger partial charge in [0.05, 0.1) is 5.56 Å². The van der Waals surface area contributed by atoms with Crippen LogP contribution in [0.25, 0.3) is 0 Å². The predicted molar refractivity (Wildman–Crippen MR) is 82.3 cm³/mol. The highest BCUT2D eigenvalue weighted by atomic mass is 19.1. The number of piperidine rings is 1. The van der Waals surface area contributed by atoms with E-state index in [-0.39, 0.29) is 12.4 Å². The number of aliphatic hydroxyl groups excluding tert-OH is 1. The Morgan fingerprint density at radius 2 is 2.10 bits per heavy atom. The van der Waals surface area contributed by atoms with Crippen molar-refractivity contribution in [3.8, 4) is 11.8 Å². The fraction of sp³-hybridized carbons (Fsp3) is 0.529. The molecule has 0 aromatic heterocycles. The molecule has 1 aliphatic heterocycles. The lowest BCUT2D eigenvalue weighted by Crippen LogP contribution is -2.41. The smallest absolute Gasteiger partial charge is 0.138 e. The molecule has 0 atom stereocenters. The van der Waals surface area contributed by atoms with Crippen molar-refractivity contribution in [1.82, 2.24) is 9.80 Å². The van der Waals surface area contributed by atoms with Crippen LogP contribution in [0.4, 0.5) is 4.39 Å². The molecule has 0 spiro atoms. The molecule has 1 fully saturated rings. The molecular weight excluding hydrogens is 267 g/mol. The maximum absolute atomic E-state index is 13.6. The first-order chi connectivity index (χ1) is 10.1. The fourth-order valence-electron chi connectivity index (χ4n) is 2.75. The van der Waals surface area contributed by atoms with Crippen LogP contribution in [0.1, 0.15) is 24.0 Å². The minimum absolute atomic E-state index is 0.251. The summed E-state index contributed by atoms with van der Waals surface area (Å²) in [4.78, 5) is 4.69. The van der Waals surface area contributed by atoms with E-state index in [1.54, 1.807) is 6.07 Å². The molecule has 3 nitrogen and oxygen atoms in total. The van der Waals surface area contributed by atoms with E-state index in [4.69, 9.17) is 5.11 Å². The van der Waals surface area contributed by atoms with Crippen LogP contribution in [-0.4, -0.2) is 54.7 Å². The van der Waals surface area contributed by atoms with Crippen LogP contribution in [0, 0.1) is 17.7 Å². The number of halogens is 1. The SMILES string of the molecule is CN1CCC(N(C)Cc2ccc(F)c(C#CCO)c2)CC1. The van der Waals surface area contributed by atoms with Crippen LogP contribution in [0.2, 0.25) is 0 Å². The summed E-state index contributed by atoms with van der Waals surface area (Å²) in [5, 5.41) is 8.72. The quantitative estimate of drug-likeness (QED) is 0.858. The van der Waals surface area contributed by atoms with Crippen molar-refractivity contribution in [1.29, 1.82) is 0 Å². The normalized spacial score (nSPS) is 16.8. The maximum atomic E-state index is 13.6. The van der Waals surface area contributed by atoms with Gasteiger partial charge in [-0.2, -0.15) is 0 Å². The molecule has 0 bridgehead atoms. The molecule has 1 aromatic carbocycles. The lowest BCUT2D eigenvalue weighted by molar-refractivity contribution is 0.139. The van der Waals surface area contributed by atoms with Gasteiger partial charge in [-0.05, 0) is 57.7 Å². The number of benzene rings is 1. The molecule has 1 N–H and O–H groups in total. The van der Waals surface area contributed by atoms with Gasteiger partial charge in [0.15, 0.2) is 0 Å². The zero-order valence-electron chi connectivity index (χ0n) is 12.8. The van der Waals surface area contributed by atoms with Crippen molar-refractivity contribution < 1.29 is 9.50 Å². The van der Waals surface area contributed by atoms with Gasteiger partial charge in [0.1, 0.15) is 12.4 Å². The monoisotopic (exact) mass is 290 g/mol. The summed E-state index contributed by atoms with van der Waals surface area (Å²) in [6, 6.07) is 5.63. The molecule has 0 saturated carbocycles. The van der Waals surface area contributed by atoms with E-state index in [0.717, 1.165) is 25.2 Å². The first-order valence-corrected chi connectivity index (χ1v) is 7.37. The van der Waals surface area contributed by atoms with Crippen LogP contribution in [0.3, 0.4) is 0 Å². The lowest BCUT2D eigenvalue weighted by Gasteiger charge is -2.35. The molecule has 0 unspecified atom stereocenters. The number of hydrogen-bond donors (Lipinski definition) is 1. The highest BCUT2D eigenvalue weighted by Crippen LogP contribution is 2.18. The van der Waals surface area contributed by atoms with Gasteiger partial charge in [0.2, 0.25) is 0 Å². The van der Waals surface area contributed by atoms with Gasteiger partial charge in [-0.1, -0.05) is 17.9 Å². The summed E-state index contributed by atoms with van der Waals surface area (Å²) in [7, 11) is 4.28.